The van der Waals surface area contributed by atoms with Crippen LogP contribution in [-0.2, 0) is 0 Å². The lowest BCUT2D eigenvalue weighted by Gasteiger charge is -2.28. The zero-order chi connectivity index (χ0) is 20.9. The molecule has 30 heavy (non-hydrogen) atoms. The van der Waals surface area contributed by atoms with Crippen molar-refractivity contribution in [3.8, 4) is 11.3 Å². The zero-order valence-electron chi connectivity index (χ0n) is 17.5. The van der Waals surface area contributed by atoms with Crippen molar-refractivity contribution < 1.29 is 4.79 Å². The van der Waals surface area contributed by atoms with Crippen molar-refractivity contribution in [1.29, 1.82) is 0 Å². The van der Waals surface area contributed by atoms with Crippen LogP contribution in [0.2, 0.25) is 0 Å². The molecule has 2 aromatic carbocycles. The maximum atomic E-state index is 12.5. The maximum absolute atomic E-state index is 12.5. The molecule has 0 aliphatic carbocycles. The summed E-state index contributed by atoms with van der Waals surface area (Å²) in [6.07, 6.45) is 7.08. The van der Waals surface area contributed by atoms with Gasteiger partial charge in [0, 0.05) is 42.4 Å². The number of carbonyl (C=O) groups excluding carboxylic acids is 1. The van der Waals surface area contributed by atoms with E-state index >= 15 is 0 Å². The van der Waals surface area contributed by atoms with Crippen LogP contribution < -0.4 is 15.5 Å². The van der Waals surface area contributed by atoms with E-state index in [-0.39, 0.29) is 6.03 Å². The first-order chi connectivity index (χ1) is 14.6. The minimum atomic E-state index is -0.269. The summed E-state index contributed by atoms with van der Waals surface area (Å²) < 4.78 is 0. The van der Waals surface area contributed by atoms with Gasteiger partial charge in [0.15, 0.2) is 5.82 Å². The Morgan fingerprint density at radius 1 is 0.933 bits per heavy atom. The molecule has 0 radical (unpaired) electrons. The average Bonchev–Trinajstić information content (AvgIpc) is 2.76. The third-order valence-corrected chi connectivity index (χ3v) is 5.36. The average molecular weight is 402 g/mol. The van der Waals surface area contributed by atoms with E-state index < -0.39 is 0 Å². The van der Waals surface area contributed by atoms with Crippen LogP contribution in [0.25, 0.3) is 11.3 Å². The molecule has 0 atom stereocenters. The van der Waals surface area contributed by atoms with Crippen molar-refractivity contribution in [3.05, 3.63) is 66.0 Å². The zero-order valence-corrected chi connectivity index (χ0v) is 17.5. The quantitative estimate of drug-likeness (QED) is 0.614. The predicted molar refractivity (Wildman–Crippen MR) is 122 cm³/mol. The Balaban J connectivity index is 1.53. The second kappa shape index (κ2) is 8.95. The lowest BCUT2D eigenvalue weighted by Crippen LogP contribution is -2.30. The molecule has 6 nitrogen and oxygen atoms in total. The standard InChI is InChI=1S/C24H27N5O/c1-17-9-10-21(18(2)15-17)28-24(30)27-20-8-6-7-19(16-20)22-23(26-12-11-25-22)29-13-4-3-5-14-29/h6-12,15-16H,3-5,13-14H2,1-2H3,(H2,27,28,30). The van der Waals surface area contributed by atoms with Gasteiger partial charge in [-0.15, -0.1) is 0 Å². The highest BCUT2D eigenvalue weighted by Crippen LogP contribution is 2.30. The molecular weight excluding hydrogens is 374 g/mol. The number of nitrogens with one attached hydrogen (secondary N) is 2. The van der Waals surface area contributed by atoms with Crippen LogP contribution in [-0.4, -0.2) is 29.1 Å². The number of aryl methyl sites for hydroxylation is 2. The first-order valence-electron chi connectivity index (χ1n) is 10.4. The fraction of sp³-hybridized carbons (Fsp3) is 0.292. The Morgan fingerprint density at radius 2 is 1.73 bits per heavy atom. The second-order valence-electron chi connectivity index (χ2n) is 7.75. The molecule has 1 fully saturated rings. The topological polar surface area (TPSA) is 70.1 Å². The van der Waals surface area contributed by atoms with Crippen LogP contribution in [0.3, 0.4) is 0 Å². The molecule has 2 amide bonds. The van der Waals surface area contributed by atoms with E-state index in [1.54, 1.807) is 12.4 Å². The van der Waals surface area contributed by atoms with Gasteiger partial charge < -0.3 is 15.5 Å². The van der Waals surface area contributed by atoms with Crippen molar-refractivity contribution >= 4 is 23.2 Å². The molecule has 2 heterocycles. The molecule has 1 aromatic heterocycles. The van der Waals surface area contributed by atoms with Crippen LogP contribution in [0, 0.1) is 13.8 Å². The maximum Gasteiger partial charge on any atom is 0.323 e. The Hall–Kier alpha value is -3.41. The minimum absolute atomic E-state index is 0.269. The summed E-state index contributed by atoms with van der Waals surface area (Å²) in [5.74, 6) is 0.911. The van der Waals surface area contributed by atoms with Gasteiger partial charge in [0.2, 0.25) is 0 Å². The number of amides is 2. The number of urea groups is 1. The van der Waals surface area contributed by atoms with E-state index in [0.29, 0.717) is 5.69 Å². The number of aromatic nitrogens is 2. The predicted octanol–water partition coefficient (Wildman–Crippen LogP) is 5.39. The molecule has 0 saturated carbocycles. The van der Waals surface area contributed by atoms with Crippen LogP contribution in [0.1, 0.15) is 30.4 Å². The summed E-state index contributed by atoms with van der Waals surface area (Å²) in [5.41, 5.74) is 5.50. The van der Waals surface area contributed by atoms with Crippen molar-refractivity contribution in [3.63, 3.8) is 0 Å². The fourth-order valence-electron chi connectivity index (χ4n) is 3.85. The van der Waals surface area contributed by atoms with E-state index in [4.69, 9.17) is 0 Å². The van der Waals surface area contributed by atoms with Crippen LogP contribution in [0.5, 0.6) is 0 Å². The van der Waals surface area contributed by atoms with Gasteiger partial charge in [-0.05, 0) is 56.9 Å². The Morgan fingerprint density at radius 3 is 2.53 bits per heavy atom. The lowest BCUT2D eigenvalue weighted by atomic mass is 10.1. The van der Waals surface area contributed by atoms with Crippen LogP contribution >= 0.6 is 0 Å². The Kier molecular flexibility index (Phi) is 5.93. The van der Waals surface area contributed by atoms with Gasteiger partial charge in [-0.3, -0.25) is 4.98 Å². The third kappa shape index (κ3) is 4.59. The van der Waals surface area contributed by atoms with Gasteiger partial charge in [-0.2, -0.15) is 0 Å². The van der Waals surface area contributed by atoms with E-state index in [1.165, 1.54) is 24.8 Å². The van der Waals surface area contributed by atoms with Gasteiger partial charge in [0.05, 0.1) is 0 Å². The lowest BCUT2D eigenvalue weighted by molar-refractivity contribution is 0.262. The molecule has 1 aliphatic rings. The van der Waals surface area contributed by atoms with Gasteiger partial charge >= 0.3 is 6.03 Å². The number of benzene rings is 2. The van der Waals surface area contributed by atoms with Gasteiger partial charge in [-0.25, -0.2) is 9.78 Å². The molecule has 4 rings (SSSR count). The van der Waals surface area contributed by atoms with E-state index in [9.17, 15) is 4.79 Å². The molecule has 0 bridgehead atoms. The van der Waals surface area contributed by atoms with Gasteiger partial charge in [-0.1, -0.05) is 29.8 Å². The van der Waals surface area contributed by atoms with E-state index in [0.717, 1.165) is 41.4 Å². The van der Waals surface area contributed by atoms with E-state index in [1.807, 2.05) is 56.3 Å². The first kappa shape index (κ1) is 19.9. The summed E-state index contributed by atoms with van der Waals surface area (Å²) in [6, 6.07) is 13.4. The van der Waals surface area contributed by atoms with Crippen LogP contribution in [0.15, 0.2) is 54.9 Å². The molecule has 1 aliphatic heterocycles. The van der Waals surface area contributed by atoms with Gasteiger partial charge in [0.1, 0.15) is 5.69 Å². The van der Waals surface area contributed by atoms with Crippen molar-refractivity contribution in [2.24, 2.45) is 0 Å². The smallest absolute Gasteiger partial charge is 0.323 e. The number of carbonyl (C=O) groups is 1. The molecule has 2 N–H and O–H groups in total. The number of hydrogen-bond acceptors (Lipinski definition) is 4. The number of hydrogen-bond donors (Lipinski definition) is 2. The molecule has 6 heteroatoms. The molecule has 3 aromatic rings. The molecule has 1 saturated heterocycles. The third-order valence-electron chi connectivity index (χ3n) is 5.36. The highest BCUT2D eigenvalue weighted by atomic mass is 16.2. The van der Waals surface area contributed by atoms with E-state index in [2.05, 4.69) is 25.5 Å². The number of rotatable bonds is 4. The largest absolute Gasteiger partial charge is 0.355 e. The van der Waals surface area contributed by atoms with Crippen molar-refractivity contribution in [2.75, 3.05) is 28.6 Å². The number of piperidine rings is 1. The number of anilines is 3. The summed E-state index contributed by atoms with van der Waals surface area (Å²) in [7, 11) is 0. The van der Waals surface area contributed by atoms with Crippen molar-refractivity contribution in [1.82, 2.24) is 9.97 Å². The summed E-state index contributed by atoms with van der Waals surface area (Å²) in [5, 5.41) is 5.85. The first-order valence-corrected chi connectivity index (χ1v) is 10.4. The van der Waals surface area contributed by atoms with Crippen molar-refractivity contribution in [2.45, 2.75) is 33.1 Å². The second-order valence-corrected chi connectivity index (χ2v) is 7.75. The molecular formula is C24H27N5O. The summed E-state index contributed by atoms with van der Waals surface area (Å²) >= 11 is 0. The Bertz CT molecular complexity index is 1040. The monoisotopic (exact) mass is 401 g/mol. The molecule has 0 spiro atoms. The summed E-state index contributed by atoms with van der Waals surface area (Å²) in [4.78, 5) is 24.0. The number of nitrogens with zero attached hydrogens (tertiary/aromatic N) is 3. The normalized spacial score (nSPS) is 13.7. The summed E-state index contributed by atoms with van der Waals surface area (Å²) in [6.45, 7) is 6.02. The minimum Gasteiger partial charge on any atom is -0.355 e. The SMILES string of the molecule is Cc1ccc(NC(=O)Nc2cccc(-c3nccnc3N3CCCCC3)c2)c(C)c1. The van der Waals surface area contributed by atoms with Crippen LogP contribution in [0.4, 0.5) is 22.0 Å². The highest BCUT2D eigenvalue weighted by molar-refractivity contribution is 6.00. The highest BCUT2D eigenvalue weighted by Gasteiger charge is 2.18. The molecule has 154 valence electrons. The Labute approximate surface area is 177 Å². The van der Waals surface area contributed by atoms with Gasteiger partial charge in [0.25, 0.3) is 0 Å². The molecule has 0 unspecified atom stereocenters. The fourth-order valence-corrected chi connectivity index (χ4v) is 3.85.